The molecule has 1 atom stereocenters. The highest BCUT2D eigenvalue weighted by atomic mass is 16.5. The van der Waals surface area contributed by atoms with Crippen molar-refractivity contribution < 1.29 is 9.53 Å². The lowest BCUT2D eigenvalue weighted by molar-refractivity contribution is -0.126. The molecule has 0 bridgehead atoms. The maximum absolute atomic E-state index is 11.7. The summed E-state index contributed by atoms with van der Waals surface area (Å²) >= 11 is 0. The molecule has 0 aromatic rings. The second kappa shape index (κ2) is 4.49. The Balaban J connectivity index is 1.76. The van der Waals surface area contributed by atoms with E-state index in [1.165, 1.54) is 6.42 Å². The predicted octanol–water partition coefficient (Wildman–Crippen LogP) is 0.553. The summed E-state index contributed by atoms with van der Waals surface area (Å²) in [5.41, 5.74) is 5.59. The summed E-state index contributed by atoms with van der Waals surface area (Å²) in [6.07, 6.45) is 5.98. The number of rotatable bonds is 4. The summed E-state index contributed by atoms with van der Waals surface area (Å²) in [7, 11) is 0. The standard InChI is InChI=1S/C11H20N2O2/c12-8-11(4-2-5-11)13-10(14)7-9-3-1-6-15-9/h9H,1-8,12H2,(H,13,14). The molecule has 1 aliphatic heterocycles. The average Bonchev–Trinajstić information content (AvgIpc) is 2.64. The number of ether oxygens (including phenoxy) is 1. The van der Waals surface area contributed by atoms with E-state index in [2.05, 4.69) is 5.32 Å². The molecule has 2 fully saturated rings. The third-order valence-corrected chi connectivity index (χ3v) is 3.54. The van der Waals surface area contributed by atoms with Gasteiger partial charge < -0.3 is 15.8 Å². The molecule has 0 aromatic heterocycles. The fourth-order valence-electron chi connectivity index (χ4n) is 2.34. The Labute approximate surface area is 90.5 Å². The fourth-order valence-corrected chi connectivity index (χ4v) is 2.34. The van der Waals surface area contributed by atoms with Gasteiger partial charge in [0.05, 0.1) is 18.1 Å². The van der Waals surface area contributed by atoms with Crippen LogP contribution >= 0.6 is 0 Å². The van der Waals surface area contributed by atoms with Crippen molar-refractivity contribution >= 4 is 5.91 Å². The zero-order valence-electron chi connectivity index (χ0n) is 9.13. The highest BCUT2D eigenvalue weighted by Crippen LogP contribution is 2.30. The minimum atomic E-state index is -0.0876. The Bertz CT molecular complexity index is 227. The van der Waals surface area contributed by atoms with Gasteiger partial charge in [0, 0.05) is 13.2 Å². The minimum Gasteiger partial charge on any atom is -0.378 e. The number of nitrogens with one attached hydrogen (secondary N) is 1. The molecule has 2 aliphatic rings. The van der Waals surface area contributed by atoms with E-state index >= 15 is 0 Å². The SMILES string of the molecule is NCC1(NC(=O)CC2CCCO2)CCC1. The van der Waals surface area contributed by atoms with Gasteiger partial charge in [-0.05, 0) is 32.1 Å². The van der Waals surface area contributed by atoms with Gasteiger partial charge >= 0.3 is 0 Å². The van der Waals surface area contributed by atoms with Gasteiger partial charge in [-0.25, -0.2) is 0 Å². The zero-order chi connectivity index (χ0) is 10.7. The van der Waals surface area contributed by atoms with Crippen LogP contribution in [0, 0.1) is 0 Å². The molecule has 0 radical (unpaired) electrons. The third-order valence-electron chi connectivity index (χ3n) is 3.54. The lowest BCUT2D eigenvalue weighted by atomic mass is 9.76. The van der Waals surface area contributed by atoms with Crippen LogP contribution in [0.2, 0.25) is 0 Å². The highest BCUT2D eigenvalue weighted by molar-refractivity contribution is 5.77. The molecule has 1 aliphatic carbocycles. The van der Waals surface area contributed by atoms with Crippen LogP contribution in [0.4, 0.5) is 0 Å². The largest absolute Gasteiger partial charge is 0.378 e. The molecule has 1 saturated carbocycles. The van der Waals surface area contributed by atoms with Gasteiger partial charge in [0.15, 0.2) is 0 Å². The smallest absolute Gasteiger partial charge is 0.223 e. The Morgan fingerprint density at radius 1 is 1.47 bits per heavy atom. The molecule has 1 heterocycles. The van der Waals surface area contributed by atoms with Crippen molar-refractivity contribution in [3.8, 4) is 0 Å². The van der Waals surface area contributed by atoms with Crippen molar-refractivity contribution in [3.05, 3.63) is 0 Å². The molecule has 2 rings (SSSR count). The van der Waals surface area contributed by atoms with Gasteiger partial charge in [-0.15, -0.1) is 0 Å². The molecule has 4 nitrogen and oxygen atoms in total. The summed E-state index contributed by atoms with van der Waals surface area (Å²) in [5, 5.41) is 3.06. The zero-order valence-corrected chi connectivity index (χ0v) is 9.13. The number of amides is 1. The van der Waals surface area contributed by atoms with Gasteiger partial charge in [-0.1, -0.05) is 0 Å². The molecule has 0 aromatic carbocycles. The molecule has 1 unspecified atom stereocenters. The van der Waals surface area contributed by atoms with Crippen molar-refractivity contribution in [2.24, 2.45) is 5.73 Å². The number of hydrogen-bond acceptors (Lipinski definition) is 3. The first-order valence-electron chi connectivity index (χ1n) is 5.87. The van der Waals surface area contributed by atoms with E-state index in [4.69, 9.17) is 10.5 Å². The molecular weight excluding hydrogens is 192 g/mol. The van der Waals surface area contributed by atoms with Crippen LogP contribution in [0.15, 0.2) is 0 Å². The highest BCUT2D eigenvalue weighted by Gasteiger charge is 2.37. The van der Waals surface area contributed by atoms with Crippen LogP contribution in [0.3, 0.4) is 0 Å². The molecule has 86 valence electrons. The van der Waals surface area contributed by atoms with Crippen LogP contribution < -0.4 is 11.1 Å². The van der Waals surface area contributed by atoms with Crippen LogP contribution in [0.5, 0.6) is 0 Å². The van der Waals surface area contributed by atoms with E-state index in [1.807, 2.05) is 0 Å². The van der Waals surface area contributed by atoms with Crippen LogP contribution in [-0.4, -0.2) is 30.7 Å². The van der Waals surface area contributed by atoms with E-state index in [9.17, 15) is 4.79 Å². The second-order valence-electron chi connectivity index (χ2n) is 4.73. The first-order valence-corrected chi connectivity index (χ1v) is 5.87. The third kappa shape index (κ3) is 2.49. The Hall–Kier alpha value is -0.610. The second-order valence-corrected chi connectivity index (χ2v) is 4.73. The lowest BCUT2D eigenvalue weighted by Crippen LogP contribution is -2.58. The monoisotopic (exact) mass is 212 g/mol. The normalized spacial score (nSPS) is 28.5. The molecular formula is C11H20N2O2. The average molecular weight is 212 g/mol. The molecule has 1 amide bonds. The van der Waals surface area contributed by atoms with Crippen molar-refractivity contribution in [1.29, 1.82) is 0 Å². The van der Waals surface area contributed by atoms with Crippen molar-refractivity contribution in [2.45, 2.75) is 50.2 Å². The summed E-state index contributed by atoms with van der Waals surface area (Å²) in [6, 6.07) is 0. The topological polar surface area (TPSA) is 64.3 Å². The van der Waals surface area contributed by atoms with Crippen molar-refractivity contribution in [1.82, 2.24) is 5.32 Å². The van der Waals surface area contributed by atoms with Gasteiger partial charge in [-0.3, -0.25) is 4.79 Å². The van der Waals surface area contributed by atoms with E-state index in [0.29, 0.717) is 13.0 Å². The van der Waals surface area contributed by atoms with Crippen molar-refractivity contribution in [2.75, 3.05) is 13.2 Å². The number of nitrogens with two attached hydrogens (primary N) is 1. The van der Waals surface area contributed by atoms with E-state index in [0.717, 1.165) is 32.3 Å². The minimum absolute atomic E-state index is 0.0876. The van der Waals surface area contributed by atoms with Gasteiger partial charge in [0.2, 0.25) is 5.91 Å². The van der Waals surface area contributed by atoms with E-state index in [-0.39, 0.29) is 17.6 Å². The quantitative estimate of drug-likeness (QED) is 0.715. The van der Waals surface area contributed by atoms with Gasteiger partial charge in [0.1, 0.15) is 0 Å². The number of hydrogen-bond donors (Lipinski definition) is 2. The van der Waals surface area contributed by atoms with Crippen molar-refractivity contribution in [3.63, 3.8) is 0 Å². The number of carbonyl (C=O) groups excluding carboxylic acids is 1. The summed E-state index contributed by atoms with van der Waals surface area (Å²) in [4.78, 5) is 11.7. The Kier molecular flexibility index (Phi) is 3.26. The van der Waals surface area contributed by atoms with Crippen LogP contribution in [0.25, 0.3) is 0 Å². The van der Waals surface area contributed by atoms with Gasteiger partial charge in [-0.2, -0.15) is 0 Å². The molecule has 1 saturated heterocycles. The molecule has 15 heavy (non-hydrogen) atoms. The predicted molar refractivity (Wildman–Crippen MR) is 57.4 cm³/mol. The fraction of sp³-hybridized carbons (Fsp3) is 0.909. The first kappa shape index (κ1) is 10.9. The maximum Gasteiger partial charge on any atom is 0.223 e. The summed E-state index contributed by atoms with van der Waals surface area (Å²) in [5.74, 6) is 0.104. The Morgan fingerprint density at radius 3 is 2.73 bits per heavy atom. The first-order chi connectivity index (χ1) is 7.24. The van der Waals surface area contributed by atoms with E-state index in [1.54, 1.807) is 0 Å². The maximum atomic E-state index is 11.7. The van der Waals surface area contributed by atoms with Crippen LogP contribution in [-0.2, 0) is 9.53 Å². The number of carbonyl (C=O) groups is 1. The lowest BCUT2D eigenvalue weighted by Gasteiger charge is -2.41. The molecule has 3 N–H and O–H groups in total. The molecule has 4 heteroatoms. The Morgan fingerprint density at radius 2 is 2.27 bits per heavy atom. The summed E-state index contributed by atoms with van der Waals surface area (Å²) in [6.45, 7) is 1.37. The van der Waals surface area contributed by atoms with Crippen LogP contribution in [0.1, 0.15) is 38.5 Å². The summed E-state index contributed by atoms with van der Waals surface area (Å²) < 4.78 is 5.43. The van der Waals surface area contributed by atoms with E-state index < -0.39 is 0 Å². The molecule has 0 spiro atoms. The van der Waals surface area contributed by atoms with Gasteiger partial charge in [0.25, 0.3) is 0 Å².